The van der Waals surface area contributed by atoms with Crippen LogP contribution < -0.4 is 10.2 Å². The van der Waals surface area contributed by atoms with Crippen molar-refractivity contribution < 1.29 is 4.79 Å². The van der Waals surface area contributed by atoms with Gasteiger partial charge in [0.05, 0.1) is 11.2 Å². The van der Waals surface area contributed by atoms with Gasteiger partial charge in [-0.3, -0.25) is 4.79 Å². The van der Waals surface area contributed by atoms with Crippen molar-refractivity contribution in [3.05, 3.63) is 30.2 Å². The summed E-state index contributed by atoms with van der Waals surface area (Å²) in [5, 5.41) is 20.4. The Bertz CT molecular complexity index is 1080. The quantitative estimate of drug-likeness (QED) is 0.694. The van der Waals surface area contributed by atoms with E-state index in [2.05, 4.69) is 67.1 Å². The zero-order valence-corrected chi connectivity index (χ0v) is 19.3. The van der Waals surface area contributed by atoms with Crippen LogP contribution in [-0.2, 0) is 15.7 Å². The first-order chi connectivity index (χ1) is 14.5. The number of hydrogen-bond acceptors (Lipinski definition) is 6. The number of aromatic nitrogens is 6. The molecule has 1 fully saturated rings. The van der Waals surface area contributed by atoms with E-state index in [0.29, 0.717) is 0 Å². The van der Waals surface area contributed by atoms with Gasteiger partial charge < -0.3 is 10.2 Å². The van der Waals surface area contributed by atoms with Crippen LogP contribution in [0.4, 0.5) is 11.6 Å². The Morgan fingerprint density at radius 3 is 2.42 bits per heavy atom. The number of rotatable bonds is 3. The second-order valence-electron chi connectivity index (χ2n) is 10.3. The van der Waals surface area contributed by atoms with Gasteiger partial charge in [-0.05, 0) is 45.7 Å². The number of carbonyl (C=O) groups is 1. The van der Waals surface area contributed by atoms with Crippen LogP contribution in [0.5, 0.6) is 0 Å². The molecule has 166 valence electrons. The maximum Gasteiger partial charge on any atom is 0.228 e. The average Bonchev–Trinajstić information content (AvgIpc) is 3.33. The Hall–Kier alpha value is -2.97. The third kappa shape index (κ3) is 4.40. The second kappa shape index (κ2) is 7.62. The summed E-state index contributed by atoms with van der Waals surface area (Å²) in [6, 6.07) is 5.88. The molecular weight excluding hydrogens is 392 g/mol. The van der Waals surface area contributed by atoms with Crippen molar-refractivity contribution in [2.75, 3.05) is 23.3 Å². The minimum absolute atomic E-state index is 0.0312. The van der Waals surface area contributed by atoms with Gasteiger partial charge in [0.25, 0.3) is 0 Å². The topological polar surface area (TPSA) is 93.2 Å². The van der Waals surface area contributed by atoms with Crippen LogP contribution in [0.3, 0.4) is 0 Å². The van der Waals surface area contributed by atoms with E-state index in [1.165, 1.54) is 0 Å². The van der Waals surface area contributed by atoms with Crippen LogP contribution in [0, 0.1) is 5.92 Å². The number of nitrogens with zero attached hydrogens (tertiary/aromatic N) is 7. The number of carbonyl (C=O) groups excluding carboxylic acids is 1. The van der Waals surface area contributed by atoms with Crippen LogP contribution in [0.15, 0.2) is 24.5 Å². The lowest BCUT2D eigenvalue weighted by atomic mass is 9.92. The molecule has 0 spiro atoms. The predicted octanol–water partition coefficient (Wildman–Crippen LogP) is 3.23. The van der Waals surface area contributed by atoms with Gasteiger partial charge in [-0.1, -0.05) is 20.8 Å². The summed E-state index contributed by atoms with van der Waals surface area (Å²) < 4.78 is 3.60. The fourth-order valence-corrected chi connectivity index (χ4v) is 3.83. The molecule has 0 saturated carbocycles. The monoisotopic (exact) mass is 424 g/mol. The third-order valence-electron chi connectivity index (χ3n) is 5.70. The fourth-order valence-electron chi connectivity index (χ4n) is 3.83. The van der Waals surface area contributed by atoms with Crippen molar-refractivity contribution in [2.24, 2.45) is 5.92 Å². The van der Waals surface area contributed by atoms with Crippen LogP contribution in [0.25, 0.3) is 5.65 Å². The third-order valence-corrected chi connectivity index (χ3v) is 5.70. The first-order valence-corrected chi connectivity index (χ1v) is 10.9. The molecule has 1 amide bonds. The maximum atomic E-state index is 13.1. The maximum absolute atomic E-state index is 13.1. The Kier molecular flexibility index (Phi) is 5.23. The lowest BCUT2D eigenvalue weighted by molar-refractivity contribution is -0.120. The summed E-state index contributed by atoms with van der Waals surface area (Å²) in [7, 11) is 0. The zero-order valence-electron chi connectivity index (χ0n) is 19.3. The van der Waals surface area contributed by atoms with Gasteiger partial charge in [0.15, 0.2) is 5.65 Å². The SMILES string of the molecule is CC(C)(C)c1cc(NC(=O)C2CCN(c3ccc4nncn4n3)CC2)n(C(C)(C)C)n1. The average molecular weight is 425 g/mol. The molecule has 4 heterocycles. The van der Waals surface area contributed by atoms with Crippen LogP contribution in [0.1, 0.15) is 60.1 Å². The second-order valence-corrected chi connectivity index (χ2v) is 10.3. The molecule has 9 heteroatoms. The highest BCUT2D eigenvalue weighted by atomic mass is 16.2. The number of piperidine rings is 1. The largest absolute Gasteiger partial charge is 0.355 e. The van der Waals surface area contributed by atoms with Gasteiger partial charge in [0, 0.05) is 30.5 Å². The molecule has 1 saturated heterocycles. The van der Waals surface area contributed by atoms with E-state index in [1.807, 2.05) is 22.9 Å². The Labute approximate surface area is 182 Å². The molecule has 0 aliphatic carbocycles. The molecule has 9 nitrogen and oxygen atoms in total. The molecule has 0 unspecified atom stereocenters. The number of hydrogen-bond donors (Lipinski definition) is 1. The smallest absolute Gasteiger partial charge is 0.228 e. The van der Waals surface area contributed by atoms with E-state index in [1.54, 1.807) is 10.8 Å². The summed E-state index contributed by atoms with van der Waals surface area (Å²) in [6.07, 6.45) is 3.16. The van der Waals surface area contributed by atoms with Crippen LogP contribution in [-0.4, -0.2) is 48.6 Å². The summed E-state index contributed by atoms with van der Waals surface area (Å²) in [4.78, 5) is 15.3. The molecule has 31 heavy (non-hydrogen) atoms. The molecule has 0 radical (unpaired) electrons. The molecular formula is C22H32N8O. The van der Waals surface area contributed by atoms with Crippen molar-refractivity contribution in [1.82, 2.24) is 29.6 Å². The van der Waals surface area contributed by atoms with Gasteiger partial charge in [0.2, 0.25) is 5.91 Å². The summed E-state index contributed by atoms with van der Waals surface area (Å²) in [6.45, 7) is 14.3. The lowest BCUT2D eigenvalue weighted by Crippen LogP contribution is -2.39. The number of amides is 1. The zero-order chi connectivity index (χ0) is 22.4. The predicted molar refractivity (Wildman–Crippen MR) is 120 cm³/mol. The molecule has 1 N–H and O–H groups in total. The van der Waals surface area contributed by atoms with Gasteiger partial charge >= 0.3 is 0 Å². The molecule has 3 aromatic heterocycles. The highest BCUT2D eigenvalue weighted by molar-refractivity contribution is 5.92. The van der Waals surface area contributed by atoms with Crippen LogP contribution >= 0.6 is 0 Å². The first kappa shape index (κ1) is 21.3. The number of nitrogens with one attached hydrogen (secondary N) is 1. The Morgan fingerprint density at radius 2 is 1.77 bits per heavy atom. The molecule has 0 bridgehead atoms. The summed E-state index contributed by atoms with van der Waals surface area (Å²) in [5.41, 5.74) is 1.40. The normalized spacial score (nSPS) is 16.1. The summed E-state index contributed by atoms with van der Waals surface area (Å²) in [5.74, 6) is 1.68. The van der Waals surface area contributed by atoms with Crippen molar-refractivity contribution in [3.8, 4) is 0 Å². The standard InChI is InChI=1S/C22H32N8O/c1-21(2,3)16-13-19(30(26-16)22(4,5)6)24-20(31)15-9-11-28(12-10-15)18-8-7-17-25-23-14-29(17)27-18/h7-8,13-15H,9-12H2,1-6H3,(H,24,31). The number of anilines is 2. The van der Waals surface area contributed by atoms with Gasteiger partial charge in [-0.25, -0.2) is 4.68 Å². The Morgan fingerprint density at radius 1 is 1.06 bits per heavy atom. The van der Waals surface area contributed by atoms with Crippen molar-refractivity contribution in [1.29, 1.82) is 0 Å². The van der Waals surface area contributed by atoms with E-state index in [4.69, 9.17) is 5.10 Å². The van der Waals surface area contributed by atoms with E-state index >= 15 is 0 Å². The van der Waals surface area contributed by atoms with Gasteiger partial charge in [-0.15, -0.1) is 15.3 Å². The fraction of sp³-hybridized carbons (Fsp3) is 0.591. The van der Waals surface area contributed by atoms with E-state index in [0.717, 1.165) is 48.9 Å². The van der Waals surface area contributed by atoms with Gasteiger partial charge in [-0.2, -0.15) is 9.61 Å². The minimum atomic E-state index is -0.220. The summed E-state index contributed by atoms with van der Waals surface area (Å²) >= 11 is 0. The minimum Gasteiger partial charge on any atom is -0.355 e. The highest BCUT2D eigenvalue weighted by Crippen LogP contribution is 2.29. The molecule has 3 aromatic rings. The first-order valence-electron chi connectivity index (χ1n) is 10.9. The molecule has 0 aromatic carbocycles. The van der Waals surface area contributed by atoms with Crippen molar-refractivity contribution in [3.63, 3.8) is 0 Å². The van der Waals surface area contributed by atoms with E-state index in [-0.39, 0.29) is 22.8 Å². The molecule has 1 aliphatic heterocycles. The van der Waals surface area contributed by atoms with Crippen LogP contribution in [0.2, 0.25) is 0 Å². The van der Waals surface area contributed by atoms with Crippen molar-refractivity contribution >= 4 is 23.2 Å². The molecule has 0 atom stereocenters. The van der Waals surface area contributed by atoms with Gasteiger partial charge in [0.1, 0.15) is 18.0 Å². The lowest BCUT2D eigenvalue weighted by Gasteiger charge is -2.32. The highest BCUT2D eigenvalue weighted by Gasteiger charge is 2.29. The molecule has 4 rings (SSSR count). The molecule has 1 aliphatic rings. The van der Waals surface area contributed by atoms with E-state index in [9.17, 15) is 4.79 Å². The number of fused-ring (bicyclic) bond motifs is 1. The van der Waals surface area contributed by atoms with E-state index < -0.39 is 0 Å². The van der Waals surface area contributed by atoms with Crippen molar-refractivity contribution in [2.45, 2.75) is 65.3 Å². The Balaban J connectivity index is 1.44.